The first-order valence-electron chi connectivity index (χ1n) is 17.3. The Morgan fingerprint density at radius 1 is 0.980 bits per heavy atom. The molecule has 278 valence electrons. The maximum Gasteiger partial charge on any atom is 0.419 e. The van der Waals surface area contributed by atoms with Crippen LogP contribution in [0.1, 0.15) is 92.3 Å². The lowest BCUT2D eigenvalue weighted by atomic mass is 9.83. The fourth-order valence-corrected chi connectivity index (χ4v) is 7.04. The molecule has 3 aromatic rings. The van der Waals surface area contributed by atoms with Crippen molar-refractivity contribution in [2.24, 2.45) is 11.8 Å². The molecular formula is C39H46F6N2O4. The van der Waals surface area contributed by atoms with Crippen molar-refractivity contribution in [1.29, 1.82) is 0 Å². The molecule has 0 saturated carbocycles. The number of Topliss-reactive ketones (excluding diaryl/α,β-unsaturated/α-hetero) is 1. The molecule has 2 atom stereocenters. The van der Waals surface area contributed by atoms with Gasteiger partial charge in [-0.15, -0.1) is 0 Å². The maximum atomic E-state index is 16.7. The maximum absolute atomic E-state index is 16.7. The van der Waals surface area contributed by atoms with Crippen LogP contribution in [0.2, 0.25) is 0 Å². The molecule has 12 heteroatoms. The van der Waals surface area contributed by atoms with Crippen LogP contribution < -0.4 is 5.56 Å². The van der Waals surface area contributed by atoms with E-state index >= 15 is 8.78 Å². The molecule has 1 aliphatic heterocycles. The fraction of sp³-hybridized carbons (Fsp3) is 0.513. The Bertz CT molecular complexity index is 1830. The average molecular weight is 721 g/mol. The number of hydrogen-bond donors (Lipinski definition) is 0. The minimum absolute atomic E-state index is 0.131. The number of carbonyl (C=O) groups is 2. The molecular weight excluding hydrogens is 674 g/mol. The second-order valence-corrected chi connectivity index (χ2v) is 14.2. The van der Waals surface area contributed by atoms with Gasteiger partial charge in [0.25, 0.3) is 5.56 Å². The van der Waals surface area contributed by atoms with Crippen molar-refractivity contribution < 1.29 is 40.7 Å². The van der Waals surface area contributed by atoms with Gasteiger partial charge in [0, 0.05) is 55.4 Å². The van der Waals surface area contributed by atoms with Crippen LogP contribution in [0.15, 0.2) is 35.3 Å². The van der Waals surface area contributed by atoms with Crippen molar-refractivity contribution in [3.8, 4) is 11.1 Å². The first-order valence-corrected chi connectivity index (χ1v) is 17.3. The Hall–Kier alpha value is -3.93. The number of benzene rings is 2. The van der Waals surface area contributed by atoms with Crippen LogP contribution in [-0.2, 0) is 26.9 Å². The zero-order chi connectivity index (χ0) is 37.9. The number of alkyl halides is 3. The standard InChI is InChI=1S/C39H46F6N2O4/c1-8-51-34(50)16-27(36-37(41)28(17-29(38(36)42)39(43,44)45)35-23(5)9-10-30(40)25(35)7)15-32(48)31(13-21(2)3)47-20-26(24(6)14-33(47)49)11-12-46-18-22(4)19-46/h9-10,14,17,20-22,27,31H,8,11-13,15-16,18-19H2,1-7H3/t27-,31?/m0/s1. The van der Waals surface area contributed by atoms with Crippen LogP contribution in [0.4, 0.5) is 26.3 Å². The summed E-state index contributed by atoms with van der Waals surface area (Å²) in [5.74, 6) is -7.22. The van der Waals surface area contributed by atoms with Crippen molar-refractivity contribution in [3.05, 3.63) is 91.6 Å². The number of aromatic nitrogens is 1. The Labute approximate surface area is 294 Å². The molecule has 0 spiro atoms. The molecule has 2 aromatic carbocycles. The Balaban J connectivity index is 1.86. The van der Waals surface area contributed by atoms with E-state index < -0.39 is 82.4 Å². The van der Waals surface area contributed by atoms with E-state index in [0.29, 0.717) is 18.4 Å². The zero-order valence-electron chi connectivity index (χ0n) is 30.1. The zero-order valence-corrected chi connectivity index (χ0v) is 30.1. The Kier molecular flexibility index (Phi) is 12.6. The van der Waals surface area contributed by atoms with Crippen molar-refractivity contribution >= 4 is 11.8 Å². The van der Waals surface area contributed by atoms with E-state index in [9.17, 15) is 31.9 Å². The van der Waals surface area contributed by atoms with E-state index in [1.54, 1.807) is 13.1 Å². The first-order chi connectivity index (χ1) is 23.8. The van der Waals surface area contributed by atoms with Crippen molar-refractivity contribution in [2.45, 2.75) is 92.3 Å². The molecule has 1 unspecified atom stereocenters. The minimum Gasteiger partial charge on any atom is -0.466 e. The molecule has 6 nitrogen and oxygen atoms in total. The lowest BCUT2D eigenvalue weighted by Gasteiger charge is -2.37. The predicted molar refractivity (Wildman–Crippen MR) is 183 cm³/mol. The molecule has 51 heavy (non-hydrogen) atoms. The van der Waals surface area contributed by atoms with Crippen LogP contribution in [0, 0.1) is 50.1 Å². The van der Waals surface area contributed by atoms with E-state index in [1.807, 2.05) is 13.8 Å². The number of halogens is 6. The van der Waals surface area contributed by atoms with Gasteiger partial charge in [-0.25, -0.2) is 13.2 Å². The molecule has 1 aromatic heterocycles. The Morgan fingerprint density at radius 3 is 2.24 bits per heavy atom. The van der Waals surface area contributed by atoms with Gasteiger partial charge in [0.05, 0.1) is 24.6 Å². The predicted octanol–water partition coefficient (Wildman–Crippen LogP) is 8.65. The molecule has 0 radical (unpaired) electrons. The number of pyridine rings is 1. The van der Waals surface area contributed by atoms with Gasteiger partial charge in [0.2, 0.25) is 0 Å². The molecule has 4 rings (SSSR count). The third-order valence-corrected chi connectivity index (χ3v) is 9.63. The largest absolute Gasteiger partial charge is 0.466 e. The van der Waals surface area contributed by atoms with Gasteiger partial charge in [-0.1, -0.05) is 26.8 Å². The minimum atomic E-state index is -5.31. The lowest BCUT2D eigenvalue weighted by Crippen LogP contribution is -2.45. The molecule has 2 heterocycles. The number of likely N-dealkylation sites (tertiary alicyclic amines) is 1. The molecule has 1 saturated heterocycles. The number of esters is 1. The van der Waals surface area contributed by atoms with Gasteiger partial charge in [0.15, 0.2) is 5.78 Å². The number of rotatable bonds is 14. The van der Waals surface area contributed by atoms with Crippen LogP contribution in [0.25, 0.3) is 11.1 Å². The van der Waals surface area contributed by atoms with Crippen LogP contribution in [0.3, 0.4) is 0 Å². The number of carbonyl (C=O) groups excluding carboxylic acids is 2. The summed E-state index contributed by atoms with van der Waals surface area (Å²) in [6, 6.07) is 2.92. The SMILES string of the molecule is CCOC(=O)C[C@H](CC(=O)C(CC(C)C)n1cc(CCN2CC(C)C2)c(C)cc1=O)c1c(F)c(-c2c(C)ccc(F)c2C)cc(C(F)(F)F)c1F. The molecule has 0 bridgehead atoms. The summed E-state index contributed by atoms with van der Waals surface area (Å²) in [6.07, 6.45) is -4.56. The van der Waals surface area contributed by atoms with Gasteiger partial charge in [0.1, 0.15) is 17.5 Å². The van der Waals surface area contributed by atoms with Gasteiger partial charge >= 0.3 is 12.1 Å². The number of aryl methyl sites for hydroxylation is 2. The van der Waals surface area contributed by atoms with E-state index in [2.05, 4.69) is 11.8 Å². The van der Waals surface area contributed by atoms with Crippen LogP contribution >= 0.6 is 0 Å². The highest BCUT2D eigenvalue weighted by molar-refractivity contribution is 5.85. The van der Waals surface area contributed by atoms with Gasteiger partial charge in [-0.05, 0) is 92.3 Å². The normalized spacial score (nSPS) is 15.2. The molecule has 0 aliphatic carbocycles. The molecule has 1 fully saturated rings. The number of hydrogen-bond acceptors (Lipinski definition) is 5. The summed E-state index contributed by atoms with van der Waals surface area (Å²) >= 11 is 0. The number of nitrogens with zero attached hydrogens (tertiary/aromatic N) is 2. The Morgan fingerprint density at radius 2 is 1.65 bits per heavy atom. The highest BCUT2D eigenvalue weighted by Crippen LogP contribution is 2.44. The van der Waals surface area contributed by atoms with E-state index in [0.717, 1.165) is 36.8 Å². The van der Waals surface area contributed by atoms with Gasteiger partial charge in [-0.3, -0.25) is 14.4 Å². The fourth-order valence-electron chi connectivity index (χ4n) is 7.04. The molecule has 1 aliphatic rings. The summed E-state index contributed by atoms with van der Waals surface area (Å²) in [7, 11) is 0. The monoisotopic (exact) mass is 720 g/mol. The number of ether oxygens (including phenoxy) is 1. The summed E-state index contributed by atoms with van der Waals surface area (Å²) in [5.41, 5.74) is -2.72. The van der Waals surface area contributed by atoms with Gasteiger partial charge in [-0.2, -0.15) is 13.2 Å². The molecule has 0 N–H and O–H groups in total. The van der Waals surface area contributed by atoms with E-state index in [4.69, 9.17) is 4.74 Å². The summed E-state index contributed by atoms with van der Waals surface area (Å²) < 4.78 is 96.9. The molecule has 0 amide bonds. The van der Waals surface area contributed by atoms with Crippen molar-refractivity contribution in [3.63, 3.8) is 0 Å². The quantitative estimate of drug-likeness (QED) is 0.123. The second kappa shape index (κ2) is 16.2. The highest BCUT2D eigenvalue weighted by Gasteiger charge is 2.40. The van der Waals surface area contributed by atoms with E-state index in [-0.39, 0.29) is 35.6 Å². The second-order valence-electron chi connectivity index (χ2n) is 14.2. The highest BCUT2D eigenvalue weighted by atomic mass is 19.4. The summed E-state index contributed by atoms with van der Waals surface area (Å²) in [4.78, 5) is 42.8. The van der Waals surface area contributed by atoms with Gasteiger partial charge < -0.3 is 14.2 Å². The topological polar surface area (TPSA) is 68.6 Å². The summed E-state index contributed by atoms with van der Waals surface area (Å²) in [6.45, 7) is 14.3. The summed E-state index contributed by atoms with van der Waals surface area (Å²) in [5, 5.41) is 0. The van der Waals surface area contributed by atoms with Crippen molar-refractivity contribution in [1.82, 2.24) is 9.47 Å². The van der Waals surface area contributed by atoms with E-state index in [1.165, 1.54) is 37.5 Å². The van der Waals surface area contributed by atoms with Crippen LogP contribution in [-0.4, -0.2) is 47.5 Å². The third-order valence-electron chi connectivity index (χ3n) is 9.63. The average Bonchev–Trinajstić information content (AvgIpc) is 3.00. The third kappa shape index (κ3) is 9.12. The first kappa shape index (κ1) is 39.8. The lowest BCUT2D eigenvalue weighted by molar-refractivity contribution is -0.143. The number of ketones is 1. The van der Waals surface area contributed by atoms with Crippen LogP contribution in [0.5, 0.6) is 0 Å². The van der Waals surface area contributed by atoms with Crippen molar-refractivity contribution in [2.75, 3.05) is 26.2 Å². The smallest absolute Gasteiger partial charge is 0.419 e.